The van der Waals surface area contributed by atoms with Crippen molar-refractivity contribution in [2.75, 3.05) is 18.5 Å². The molecule has 3 rings (SSSR count). The Hall–Kier alpha value is -1.36. The summed E-state index contributed by atoms with van der Waals surface area (Å²) in [5, 5.41) is 0.450. The molecule has 0 spiro atoms. The molecule has 0 N–H and O–H groups in total. The van der Waals surface area contributed by atoms with Crippen molar-refractivity contribution in [3.05, 3.63) is 17.0 Å². The summed E-state index contributed by atoms with van der Waals surface area (Å²) in [4.78, 5) is 24.3. The number of fused-ring (bicyclic) bond motifs is 1. The molecule has 1 fully saturated rings. The smallest absolute Gasteiger partial charge is 0.242 e. The molecular formula is C12H15ClN4O. The number of nitrogens with zero attached hydrogens (tertiary/aromatic N) is 4. The molecule has 5 nitrogen and oxygen atoms in total. The summed E-state index contributed by atoms with van der Waals surface area (Å²) < 4.78 is 0. The summed E-state index contributed by atoms with van der Waals surface area (Å²) in [5.41, 5.74) is 0.861. The monoisotopic (exact) mass is 266 g/mol. The normalized spacial score (nSPS) is 20.4. The van der Waals surface area contributed by atoms with E-state index in [0.29, 0.717) is 24.3 Å². The van der Waals surface area contributed by atoms with Gasteiger partial charge >= 0.3 is 0 Å². The van der Waals surface area contributed by atoms with Gasteiger partial charge in [0.05, 0.1) is 18.7 Å². The molecule has 0 atom stereocenters. The zero-order chi connectivity index (χ0) is 12.7. The lowest BCUT2D eigenvalue weighted by Gasteiger charge is -2.36. The maximum atomic E-state index is 12.2. The van der Waals surface area contributed by atoms with E-state index in [2.05, 4.69) is 9.97 Å². The molecule has 18 heavy (non-hydrogen) atoms. The van der Waals surface area contributed by atoms with Gasteiger partial charge in [0.1, 0.15) is 17.3 Å². The van der Waals surface area contributed by atoms with Crippen molar-refractivity contribution in [1.29, 1.82) is 0 Å². The van der Waals surface area contributed by atoms with E-state index in [-0.39, 0.29) is 5.91 Å². The van der Waals surface area contributed by atoms with Crippen LogP contribution in [-0.2, 0) is 11.3 Å². The van der Waals surface area contributed by atoms with Gasteiger partial charge in [-0.3, -0.25) is 4.79 Å². The number of aromatic nitrogens is 2. The van der Waals surface area contributed by atoms with E-state index in [1.54, 1.807) is 0 Å². The van der Waals surface area contributed by atoms with Crippen LogP contribution < -0.4 is 4.90 Å². The van der Waals surface area contributed by atoms with Crippen LogP contribution in [0, 0.1) is 0 Å². The maximum absolute atomic E-state index is 12.2. The summed E-state index contributed by atoms with van der Waals surface area (Å²) in [5.74, 6) is 0.918. The predicted molar refractivity (Wildman–Crippen MR) is 68.5 cm³/mol. The molecule has 1 aromatic rings. The second-order valence-electron chi connectivity index (χ2n) is 4.93. The highest BCUT2D eigenvalue weighted by atomic mass is 35.5. The van der Waals surface area contributed by atoms with Gasteiger partial charge in [0, 0.05) is 13.1 Å². The zero-order valence-corrected chi connectivity index (χ0v) is 11.0. The van der Waals surface area contributed by atoms with Crippen LogP contribution >= 0.6 is 11.6 Å². The SMILES string of the molecule is CN1CC(=O)N(C2CCC2)Cc2c(Cl)ncnc21. The van der Waals surface area contributed by atoms with Crippen molar-refractivity contribution < 1.29 is 4.79 Å². The van der Waals surface area contributed by atoms with Gasteiger partial charge in [0.15, 0.2) is 0 Å². The Labute approximate surface area is 111 Å². The van der Waals surface area contributed by atoms with E-state index >= 15 is 0 Å². The second-order valence-corrected chi connectivity index (χ2v) is 5.29. The molecule has 0 unspecified atom stereocenters. The van der Waals surface area contributed by atoms with E-state index in [1.807, 2.05) is 16.8 Å². The van der Waals surface area contributed by atoms with Crippen LogP contribution in [0.15, 0.2) is 6.33 Å². The Morgan fingerprint density at radius 1 is 1.33 bits per heavy atom. The largest absolute Gasteiger partial charge is 0.350 e. The molecule has 1 aromatic heterocycles. The molecular weight excluding hydrogens is 252 g/mol. The number of likely N-dealkylation sites (N-methyl/N-ethyl adjacent to an activating group) is 1. The first-order valence-electron chi connectivity index (χ1n) is 6.17. The molecule has 0 radical (unpaired) electrons. The van der Waals surface area contributed by atoms with Gasteiger partial charge in [-0.15, -0.1) is 0 Å². The summed E-state index contributed by atoms with van der Waals surface area (Å²) in [6, 6.07) is 0.369. The Bertz CT molecular complexity index is 489. The molecule has 0 aromatic carbocycles. The number of hydrogen-bond acceptors (Lipinski definition) is 4. The number of hydrogen-bond donors (Lipinski definition) is 0. The van der Waals surface area contributed by atoms with E-state index in [4.69, 9.17) is 11.6 Å². The summed E-state index contributed by atoms with van der Waals surface area (Å²) >= 11 is 6.14. The van der Waals surface area contributed by atoms with Gasteiger partial charge in [0.2, 0.25) is 5.91 Å². The fraction of sp³-hybridized carbons (Fsp3) is 0.583. The van der Waals surface area contributed by atoms with Crippen LogP contribution in [0.25, 0.3) is 0 Å². The Morgan fingerprint density at radius 3 is 2.78 bits per heavy atom. The van der Waals surface area contributed by atoms with Crippen molar-refractivity contribution >= 4 is 23.3 Å². The minimum Gasteiger partial charge on any atom is -0.350 e. The van der Waals surface area contributed by atoms with Gasteiger partial charge in [-0.05, 0) is 19.3 Å². The van der Waals surface area contributed by atoms with Crippen molar-refractivity contribution in [1.82, 2.24) is 14.9 Å². The topological polar surface area (TPSA) is 49.3 Å². The van der Waals surface area contributed by atoms with E-state index in [1.165, 1.54) is 12.7 Å². The number of carbonyl (C=O) groups excluding carboxylic acids is 1. The molecule has 2 aliphatic rings. The average molecular weight is 267 g/mol. The first-order valence-corrected chi connectivity index (χ1v) is 6.54. The number of carbonyl (C=O) groups is 1. The van der Waals surface area contributed by atoms with Crippen molar-refractivity contribution in [2.45, 2.75) is 31.8 Å². The van der Waals surface area contributed by atoms with Gasteiger partial charge in [-0.25, -0.2) is 9.97 Å². The molecule has 0 saturated heterocycles. The second kappa shape index (κ2) is 4.39. The van der Waals surface area contributed by atoms with Crippen LogP contribution in [0.5, 0.6) is 0 Å². The van der Waals surface area contributed by atoms with Gasteiger partial charge in [-0.1, -0.05) is 11.6 Å². The lowest BCUT2D eigenvalue weighted by atomic mass is 9.91. The highest BCUT2D eigenvalue weighted by Gasteiger charge is 2.33. The lowest BCUT2D eigenvalue weighted by molar-refractivity contribution is -0.134. The molecule has 6 heteroatoms. The Kier molecular flexibility index (Phi) is 2.86. The third-order valence-corrected chi connectivity index (χ3v) is 4.09. The third-order valence-electron chi connectivity index (χ3n) is 3.77. The van der Waals surface area contributed by atoms with E-state index in [0.717, 1.165) is 24.2 Å². The summed E-state index contributed by atoms with van der Waals surface area (Å²) in [6.45, 7) is 0.889. The minimum absolute atomic E-state index is 0.149. The van der Waals surface area contributed by atoms with Gasteiger partial charge in [-0.2, -0.15) is 0 Å². The lowest BCUT2D eigenvalue weighted by Crippen LogP contribution is -2.45. The minimum atomic E-state index is 0.149. The Morgan fingerprint density at radius 2 is 2.11 bits per heavy atom. The quantitative estimate of drug-likeness (QED) is 0.722. The molecule has 1 saturated carbocycles. The fourth-order valence-corrected chi connectivity index (χ4v) is 2.69. The van der Waals surface area contributed by atoms with Crippen LogP contribution in [-0.4, -0.2) is 40.4 Å². The first-order chi connectivity index (χ1) is 8.66. The highest BCUT2D eigenvalue weighted by Crippen LogP contribution is 2.32. The molecule has 1 aliphatic carbocycles. The number of rotatable bonds is 1. The predicted octanol–water partition coefficient (Wildman–Crippen LogP) is 1.46. The fourth-order valence-electron chi connectivity index (χ4n) is 2.51. The zero-order valence-electron chi connectivity index (χ0n) is 10.3. The molecule has 0 bridgehead atoms. The number of amides is 1. The van der Waals surface area contributed by atoms with Crippen molar-refractivity contribution in [3.63, 3.8) is 0 Å². The molecule has 96 valence electrons. The van der Waals surface area contributed by atoms with Gasteiger partial charge < -0.3 is 9.80 Å². The van der Waals surface area contributed by atoms with E-state index < -0.39 is 0 Å². The summed E-state index contributed by atoms with van der Waals surface area (Å²) in [6.07, 6.45) is 4.84. The van der Waals surface area contributed by atoms with Crippen LogP contribution in [0.3, 0.4) is 0 Å². The molecule has 2 heterocycles. The molecule has 1 aliphatic heterocycles. The Balaban J connectivity index is 1.99. The van der Waals surface area contributed by atoms with Crippen LogP contribution in [0.1, 0.15) is 24.8 Å². The third kappa shape index (κ3) is 1.82. The van der Waals surface area contributed by atoms with Gasteiger partial charge in [0.25, 0.3) is 0 Å². The number of anilines is 1. The highest BCUT2D eigenvalue weighted by molar-refractivity contribution is 6.30. The first kappa shape index (κ1) is 11.7. The van der Waals surface area contributed by atoms with Crippen LogP contribution in [0.2, 0.25) is 5.15 Å². The maximum Gasteiger partial charge on any atom is 0.242 e. The average Bonchev–Trinajstić information content (AvgIpc) is 2.38. The summed E-state index contributed by atoms with van der Waals surface area (Å²) in [7, 11) is 1.87. The van der Waals surface area contributed by atoms with Crippen molar-refractivity contribution in [2.24, 2.45) is 0 Å². The van der Waals surface area contributed by atoms with E-state index in [9.17, 15) is 4.79 Å². The number of halogens is 1. The standard InChI is InChI=1S/C12H15ClN4O/c1-16-6-10(18)17(8-3-2-4-8)5-9-11(13)14-7-15-12(9)16/h7-8H,2-6H2,1H3. The molecule has 1 amide bonds. The van der Waals surface area contributed by atoms with Crippen molar-refractivity contribution in [3.8, 4) is 0 Å². The van der Waals surface area contributed by atoms with Crippen LogP contribution in [0.4, 0.5) is 5.82 Å².